The van der Waals surface area contributed by atoms with Crippen molar-refractivity contribution < 1.29 is 29.6 Å². The lowest BCUT2D eigenvalue weighted by atomic mass is 9.87. The van der Waals surface area contributed by atoms with Gasteiger partial charge in [-0.05, 0) is 5.41 Å². The highest BCUT2D eigenvalue weighted by Crippen LogP contribution is 2.44. The maximum atomic E-state index is 12.9. The Morgan fingerprint density at radius 1 is 1.32 bits per heavy atom. The van der Waals surface area contributed by atoms with E-state index >= 15 is 0 Å². The van der Waals surface area contributed by atoms with Crippen molar-refractivity contribution in [1.82, 2.24) is 15.2 Å². The average molecular weight is 641 g/mol. The van der Waals surface area contributed by atoms with Gasteiger partial charge in [0, 0.05) is 23.7 Å². The smallest absolute Gasteiger partial charge is 0.316 e. The third-order valence-electron chi connectivity index (χ3n) is 6.07. The van der Waals surface area contributed by atoms with Crippen molar-refractivity contribution in [3.8, 4) is 0 Å². The summed E-state index contributed by atoms with van der Waals surface area (Å²) in [6.07, 6.45) is 1.44. The maximum absolute atomic E-state index is 12.9. The van der Waals surface area contributed by atoms with Crippen LogP contribution in [0.2, 0.25) is 0 Å². The minimum absolute atomic E-state index is 0.0488. The maximum Gasteiger partial charge on any atom is 0.316 e. The molecule has 2 fully saturated rings. The number of thioether (sulfide) groups is 2. The Morgan fingerprint density at radius 3 is 2.75 bits per heavy atom. The molecule has 0 aliphatic carbocycles. The van der Waals surface area contributed by atoms with Crippen LogP contribution >= 0.6 is 57.5 Å². The molecule has 2 amide bonds. The number of oxime groups is 1. The van der Waals surface area contributed by atoms with Crippen LogP contribution in [0.15, 0.2) is 42.5 Å². The molecule has 208 valence electrons. The molecule has 2 unspecified atom stereocenters. The molecule has 5 N–H and O–H groups in total. The van der Waals surface area contributed by atoms with Gasteiger partial charge >= 0.3 is 5.97 Å². The molecule has 40 heavy (non-hydrogen) atoms. The molecule has 0 bridgehead atoms. The van der Waals surface area contributed by atoms with Crippen molar-refractivity contribution in [2.45, 2.75) is 15.6 Å². The minimum atomic E-state index is -1.45. The number of carbonyl (C=O) groups excluding carboxylic acids is 2. The standard InChI is InChI=1S/C21H16N6O8S5/c22-20-23-8(4-38-20)12(25-33)16(29)24-13-17(30)26-6-21(19(31)32,7-39-18(13)26)1-2-36-11-3-10(28)15-14(40-11)9(5-37-15)27(34)35/h1-5,13,18,33H,6-7H2,(H2,22,23)(H,24,29)(H,31,32)/t13?,18-,21?/m1/s1. The Hall–Kier alpha value is -3.52. The summed E-state index contributed by atoms with van der Waals surface area (Å²) in [7, 11) is 0. The summed E-state index contributed by atoms with van der Waals surface area (Å²) >= 11 is 5.33. The van der Waals surface area contributed by atoms with Crippen LogP contribution in [0.1, 0.15) is 5.69 Å². The minimum Gasteiger partial charge on any atom is -0.481 e. The van der Waals surface area contributed by atoms with Gasteiger partial charge in [0.2, 0.25) is 5.91 Å². The van der Waals surface area contributed by atoms with Gasteiger partial charge in [0.1, 0.15) is 27.2 Å². The Labute approximate surface area is 243 Å². The molecule has 2 saturated heterocycles. The van der Waals surface area contributed by atoms with Crippen LogP contribution in [-0.2, 0) is 14.4 Å². The van der Waals surface area contributed by atoms with Gasteiger partial charge in [0.05, 0.1) is 19.2 Å². The van der Waals surface area contributed by atoms with Gasteiger partial charge in [-0.15, -0.1) is 45.8 Å². The Kier molecular flexibility index (Phi) is 7.57. The Bertz CT molecular complexity index is 1680. The highest BCUT2D eigenvalue weighted by Gasteiger charge is 2.57. The zero-order valence-electron chi connectivity index (χ0n) is 19.7. The largest absolute Gasteiger partial charge is 0.481 e. The number of nitrogens with one attached hydrogen (secondary N) is 1. The number of carbonyl (C=O) groups is 3. The van der Waals surface area contributed by atoms with E-state index in [4.69, 9.17) is 5.73 Å². The second kappa shape index (κ2) is 10.8. The molecule has 3 aromatic rings. The number of β-lactam (4-membered cyclic amide) rings is 1. The summed E-state index contributed by atoms with van der Waals surface area (Å²) in [6, 6.07) is 0.387. The van der Waals surface area contributed by atoms with E-state index in [9.17, 15) is 39.6 Å². The van der Waals surface area contributed by atoms with Crippen LogP contribution in [0.3, 0.4) is 0 Å². The van der Waals surface area contributed by atoms with E-state index in [-0.39, 0.29) is 43.6 Å². The lowest BCUT2D eigenvalue weighted by Gasteiger charge is -2.53. The van der Waals surface area contributed by atoms with E-state index in [1.54, 1.807) is 0 Å². The lowest BCUT2D eigenvalue weighted by Crippen LogP contribution is -2.73. The zero-order chi connectivity index (χ0) is 28.8. The first-order valence-corrected chi connectivity index (χ1v) is 15.5. The van der Waals surface area contributed by atoms with Crippen LogP contribution in [0.25, 0.3) is 9.40 Å². The van der Waals surface area contributed by atoms with Crippen molar-refractivity contribution in [1.29, 1.82) is 0 Å². The third kappa shape index (κ3) is 4.94. The first-order chi connectivity index (χ1) is 19.0. The number of rotatable bonds is 8. The molecule has 5 rings (SSSR count). The molecule has 0 spiro atoms. The molecule has 0 saturated carbocycles. The summed E-state index contributed by atoms with van der Waals surface area (Å²) in [5.74, 6) is -2.42. The molecule has 14 nitrogen and oxygen atoms in total. The summed E-state index contributed by atoms with van der Waals surface area (Å²) in [5.41, 5.74) is 3.24. The molecular weight excluding hydrogens is 625 g/mol. The number of nitrogens with two attached hydrogens (primary N) is 1. The molecule has 5 heterocycles. The van der Waals surface area contributed by atoms with Gasteiger partial charge in [-0.3, -0.25) is 29.3 Å². The summed E-state index contributed by atoms with van der Waals surface area (Å²) in [6.45, 7) is -0.156. The van der Waals surface area contributed by atoms with Crippen LogP contribution < -0.4 is 16.5 Å². The highest BCUT2D eigenvalue weighted by molar-refractivity contribution is 8.04. The number of hydrogen-bond acceptors (Lipinski definition) is 15. The summed E-state index contributed by atoms with van der Waals surface area (Å²) in [4.78, 5) is 66.2. The van der Waals surface area contributed by atoms with Gasteiger partial charge in [0.25, 0.3) is 11.6 Å². The average Bonchev–Trinajstić information content (AvgIpc) is 3.54. The second-order valence-corrected chi connectivity index (χ2v) is 13.6. The number of anilines is 1. The predicted octanol–water partition coefficient (Wildman–Crippen LogP) is 2.23. The number of aromatic nitrogens is 1. The summed E-state index contributed by atoms with van der Waals surface area (Å²) < 4.78 is 0.991. The molecule has 3 atom stereocenters. The fourth-order valence-corrected chi connectivity index (χ4v) is 9.31. The number of carboxylic acids is 1. The first kappa shape index (κ1) is 28.0. The normalized spacial score (nSPS) is 22.8. The molecule has 3 aromatic heterocycles. The Morgan fingerprint density at radius 2 is 2.10 bits per heavy atom. The monoisotopic (exact) mass is 640 g/mol. The van der Waals surface area contributed by atoms with E-state index in [2.05, 4.69) is 15.5 Å². The molecule has 19 heteroatoms. The van der Waals surface area contributed by atoms with E-state index < -0.39 is 45.2 Å². The van der Waals surface area contributed by atoms with Gasteiger partial charge in [-0.1, -0.05) is 23.0 Å². The van der Waals surface area contributed by atoms with Gasteiger partial charge in [-0.2, -0.15) is 0 Å². The van der Waals surface area contributed by atoms with Crippen LogP contribution in [-0.4, -0.2) is 72.3 Å². The third-order valence-corrected chi connectivity index (χ3v) is 11.5. The van der Waals surface area contributed by atoms with E-state index in [0.29, 0.717) is 4.21 Å². The Balaban J connectivity index is 1.28. The van der Waals surface area contributed by atoms with E-state index in [0.717, 1.165) is 45.8 Å². The molecule has 0 radical (unpaired) electrons. The first-order valence-electron chi connectivity index (χ1n) is 11.0. The van der Waals surface area contributed by atoms with E-state index in [1.807, 2.05) is 0 Å². The summed E-state index contributed by atoms with van der Waals surface area (Å²) in [5, 5.41) is 39.9. The number of aliphatic carboxylic acids is 1. The van der Waals surface area contributed by atoms with Crippen LogP contribution in [0.4, 0.5) is 10.8 Å². The quantitative estimate of drug-likeness (QED) is 0.0696. The predicted molar refractivity (Wildman–Crippen MR) is 152 cm³/mol. The number of nitrogen functional groups attached to an aromatic ring is 1. The van der Waals surface area contributed by atoms with E-state index in [1.165, 1.54) is 45.0 Å². The fraction of sp³-hybridized carbons (Fsp3) is 0.238. The van der Waals surface area contributed by atoms with Crippen LogP contribution in [0.5, 0.6) is 0 Å². The van der Waals surface area contributed by atoms with Gasteiger partial charge < -0.3 is 26.3 Å². The number of amides is 2. The number of carboxylic acid groups (broad SMARTS) is 1. The number of thiazole rings is 1. The zero-order valence-corrected chi connectivity index (χ0v) is 23.8. The van der Waals surface area contributed by atoms with Gasteiger partial charge in [-0.25, -0.2) is 4.98 Å². The number of nitro groups is 1. The topological polar surface area (TPSA) is 218 Å². The number of thiophene rings is 1. The highest BCUT2D eigenvalue weighted by atomic mass is 32.2. The molecule has 0 aromatic carbocycles. The molecule has 2 aliphatic heterocycles. The molecular formula is C21H16N6O8S5. The van der Waals surface area contributed by atoms with Crippen molar-refractivity contribution in [2.75, 3.05) is 18.0 Å². The van der Waals surface area contributed by atoms with Gasteiger partial charge in [0.15, 0.2) is 16.3 Å². The van der Waals surface area contributed by atoms with Crippen molar-refractivity contribution in [3.63, 3.8) is 0 Å². The van der Waals surface area contributed by atoms with Crippen LogP contribution in [0, 0.1) is 15.5 Å². The molecule has 2 aliphatic rings. The van der Waals surface area contributed by atoms with Crippen molar-refractivity contribution in [2.24, 2.45) is 10.6 Å². The number of nitrogens with zero attached hydrogens (tertiary/aromatic N) is 4. The fourth-order valence-electron chi connectivity index (χ4n) is 4.04. The second-order valence-electron chi connectivity index (χ2n) is 8.49. The SMILES string of the molecule is Nc1nc(C(=NO)C(=O)NC2C(=O)N3CC(C=CSc4cc(=O)c5scc([N+](=O)[O-])c5s4)(C(=O)O)CS[C@H]23)cs1. The number of fused-ring (bicyclic) bond motifs is 2. The number of hydrogen-bond donors (Lipinski definition) is 4. The lowest BCUT2D eigenvalue weighted by molar-refractivity contribution is -0.382. The van der Waals surface area contributed by atoms with Crippen molar-refractivity contribution in [3.05, 3.63) is 54.3 Å². The van der Waals surface area contributed by atoms with Crippen molar-refractivity contribution >= 4 is 101 Å².